The van der Waals surface area contributed by atoms with Gasteiger partial charge in [-0.3, -0.25) is 4.90 Å². The van der Waals surface area contributed by atoms with E-state index in [1.54, 1.807) is 0 Å². The highest BCUT2D eigenvalue weighted by molar-refractivity contribution is 7.80. The summed E-state index contributed by atoms with van der Waals surface area (Å²) in [7, 11) is 0. The van der Waals surface area contributed by atoms with Gasteiger partial charge in [-0.25, -0.2) is 0 Å². The van der Waals surface area contributed by atoms with Crippen LogP contribution in [0.15, 0.2) is 24.3 Å². The lowest BCUT2D eigenvalue weighted by molar-refractivity contribution is -0.00596. The van der Waals surface area contributed by atoms with Crippen LogP contribution >= 0.6 is 12.2 Å². The zero-order chi connectivity index (χ0) is 17.2. The van der Waals surface area contributed by atoms with Gasteiger partial charge in [0.1, 0.15) is 0 Å². The van der Waals surface area contributed by atoms with Crippen molar-refractivity contribution in [1.82, 2.24) is 10.2 Å². The van der Waals surface area contributed by atoms with Gasteiger partial charge in [0.05, 0.1) is 0 Å². The van der Waals surface area contributed by atoms with Crippen molar-refractivity contribution in [3.63, 3.8) is 0 Å². The molecule has 4 rings (SSSR count). The highest BCUT2D eigenvalue weighted by atomic mass is 32.1. The minimum Gasteiger partial charge on any atom is -0.360 e. The van der Waals surface area contributed by atoms with Gasteiger partial charge in [0.2, 0.25) is 0 Å². The van der Waals surface area contributed by atoms with Gasteiger partial charge in [-0.1, -0.05) is 37.5 Å². The molecule has 2 saturated heterocycles. The van der Waals surface area contributed by atoms with Crippen LogP contribution < -0.4 is 10.6 Å². The van der Waals surface area contributed by atoms with Crippen molar-refractivity contribution in [3.05, 3.63) is 29.8 Å². The molecule has 1 saturated carbocycles. The van der Waals surface area contributed by atoms with Crippen molar-refractivity contribution in [1.29, 1.82) is 0 Å². The monoisotopic (exact) mass is 357 g/mol. The summed E-state index contributed by atoms with van der Waals surface area (Å²) < 4.78 is 0. The fourth-order valence-corrected chi connectivity index (χ4v) is 5.67. The third-order valence-electron chi connectivity index (χ3n) is 6.51. The SMILES string of the molecule is Cc1ccccc1NC(=S)NC1C[C@H]2CCC[C@H](C1)N2C1CCCC1. The van der Waals surface area contributed by atoms with E-state index in [0.717, 1.165) is 28.9 Å². The second-order valence-corrected chi connectivity index (χ2v) is 8.61. The summed E-state index contributed by atoms with van der Waals surface area (Å²) in [6, 6.07) is 11.3. The normalized spacial score (nSPS) is 30.2. The van der Waals surface area contributed by atoms with Crippen molar-refractivity contribution in [2.75, 3.05) is 5.32 Å². The van der Waals surface area contributed by atoms with E-state index < -0.39 is 0 Å². The van der Waals surface area contributed by atoms with E-state index in [4.69, 9.17) is 12.2 Å². The molecule has 4 heteroatoms. The van der Waals surface area contributed by atoms with Gasteiger partial charge in [-0.15, -0.1) is 0 Å². The molecule has 3 aliphatic rings. The Balaban J connectivity index is 1.36. The smallest absolute Gasteiger partial charge is 0.171 e. The van der Waals surface area contributed by atoms with Gasteiger partial charge in [0.25, 0.3) is 0 Å². The van der Waals surface area contributed by atoms with Crippen molar-refractivity contribution < 1.29 is 0 Å². The van der Waals surface area contributed by atoms with Crippen molar-refractivity contribution in [2.45, 2.75) is 88.9 Å². The molecule has 2 N–H and O–H groups in total. The first-order valence-electron chi connectivity index (χ1n) is 10.1. The fraction of sp³-hybridized carbons (Fsp3) is 0.667. The predicted octanol–water partition coefficient (Wildman–Crippen LogP) is 4.61. The maximum Gasteiger partial charge on any atom is 0.171 e. The second kappa shape index (κ2) is 7.63. The molecule has 0 unspecified atom stereocenters. The molecule has 2 atom stereocenters. The van der Waals surface area contributed by atoms with Gasteiger partial charge in [-0.2, -0.15) is 0 Å². The highest BCUT2D eigenvalue weighted by Gasteiger charge is 2.42. The Morgan fingerprint density at radius 3 is 2.28 bits per heavy atom. The van der Waals surface area contributed by atoms with Crippen LogP contribution in [0.3, 0.4) is 0 Å². The summed E-state index contributed by atoms with van der Waals surface area (Å²) in [5.41, 5.74) is 2.35. The number of rotatable bonds is 3. The minimum atomic E-state index is 0.525. The van der Waals surface area contributed by atoms with Crippen LogP contribution in [-0.2, 0) is 0 Å². The maximum absolute atomic E-state index is 5.61. The van der Waals surface area contributed by atoms with Gasteiger partial charge in [0.15, 0.2) is 5.11 Å². The Labute approximate surface area is 157 Å². The lowest BCUT2D eigenvalue weighted by atomic mass is 9.80. The van der Waals surface area contributed by atoms with Crippen LogP contribution in [0.5, 0.6) is 0 Å². The first-order chi connectivity index (χ1) is 12.2. The molecule has 25 heavy (non-hydrogen) atoms. The number of para-hydroxylation sites is 1. The number of aryl methyl sites for hydroxylation is 1. The molecule has 1 aromatic rings. The third kappa shape index (κ3) is 3.85. The van der Waals surface area contributed by atoms with E-state index in [1.165, 1.54) is 63.4 Å². The zero-order valence-corrected chi connectivity index (χ0v) is 16.2. The number of nitrogens with one attached hydrogen (secondary N) is 2. The highest BCUT2D eigenvalue weighted by Crippen LogP contribution is 2.39. The van der Waals surface area contributed by atoms with Crippen molar-refractivity contribution in [3.8, 4) is 0 Å². The largest absolute Gasteiger partial charge is 0.360 e. The molecule has 3 fully saturated rings. The number of anilines is 1. The number of fused-ring (bicyclic) bond motifs is 2. The number of thiocarbonyl (C=S) groups is 1. The van der Waals surface area contributed by atoms with Gasteiger partial charge in [0, 0.05) is 29.9 Å². The number of piperidine rings is 2. The molecular formula is C21H31N3S. The van der Waals surface area contributed by atoms with E-state index in [9.17, 15) is 0 Å². The average molecular weight is 358 g/mol. The first kappa shape index (κ1) is 17.3. The molecule has 0 aromatic heterocycles. The van der Waals surface area contributed by atoms with E-state index in [-0.39, 0.29) is 0 Å². The van der Waals surface area contributed by atoms with Crippen LogP contribution in [0, 0.1) is 6.92 Å². The Morgan fingerprint density at radius 1 is 0.960 bits per heavy atom. The maximum atomic E-state index is 5.61. The molecule has 136 valence electrons. The van der Waals surface area contributed by atoms with Crippen molar-refractivity contribution in [2.24, 2.45) is 0 Å². The summed E-state index contributed by atoms with van der Waals surface area (Å²) in [5, 5.41) is 7.81. The van der Waals surface area contributed by atoms with E-state index in [2.05, 4.69) is 46.7 Å². The third-order valence-corrected chi connectivity index (χ3v) is 6.73. The van der Waals surface area contributed by atoms with Gasteiger partial charge >= 0.3 is 0 Å². The van der Waals surface area contributed by atoms with Crippen LogP contribution in [0.4, 0.5) is 5.69 Å². The minimum absolute atomic E-state index is 0.525. The molecule has 2 bridgehead atoms. The summed E-state index contributed by atoms with van der Waals surface area (Å²) in [4.78, 5) is 2.92. The van der Waals surface area contributed by atoms with Gasteiger partial charge < -0.3 is 10.6 Å². The number of hydrogen-bond acceptors (Lipinski definition) is 2. The van der Waals surface area contributed by atoms with E-state index >= 15 is 0 Å². The molecule has 1 aromatic carbocycles. The lowest BCUT2D eigenvalue weighted by Gasteiger charge is -2.52. The number of hydrogen-bond donors (Lipinski definition) is 2. The van der Waals surface area contributed by atoms with Crippen LogP contribution in [0.2, 0.25) is 0 Å². The van der Waals surface area contributed by atoms with E-state index in [1.807, 2.05) is 0 Å². The summed E-state index contributed by atoms with van der Waals surface area (Å²) in [5.74, 6) is 0. The topological polar surface area (TPSA) is 27.3 Å². The van der Waals surface area contributed by atoms with Crippen LogP contribution in [-0.4, -0.2) is 34.2 Å². The Kier molecular flexibility index (Phi) is 5.28. The standard InChI is InChI=1S/C21H31N3S/c1-15-7-2-5-12-20(15)23-21(25)22-16-13-18-10-6-11-19(14-16)24(18)17-8-3-4-9-17/h2,5,7,12,16-19H,3-4,6,8-11,13-14H2,1H3,(H2,22,23,25)/t18-,19-/m1/s1. The Morgan fingerprint density at radius 2 is 1.60 bits per heavy atom. The average Bonchev–Trinajstić information content (AvgIpc) is 3.10. The molecule has 2 aliphatic heterocycles. The number of benzene rings is 1. The number of nitrogens with zero attached hydrogens (tertiary/aromatic N) is 1. The molecule has 0 spiro atoms. The lowest BCUT2D eigenvalue weighted by Crippen LogP contribution is -2.59. The Hall–Kier alpha value is -1.13. The van der Waals surface area contributed by atoms with Crippen LogP contribution in [0.1, 0.15) is 63.4 Å². The summed E-state index contributed by atoms with van der Waals surface area (Å²) in [6.07, 6.45) is 12.4. The second-order valence-electron chi connectivity index (χ2n) is 8.21. The van der Waals surface area contributed by atoms with Gasteiger partial charge in [-0.05, 0) is 69.3 Å². The summed E-state index contributed by atoms with van der Waals surface area (Å²) in [6.45, 7) is 2.12. The van der Waals surface area contributed by atoms with Crippen LogP contribution in [0.25, 0.3) is 0 Å². The summed E-state index contributed by atoms with van der Waals surface area (Å²) >= 11 is 5.61. The first-order valence-corrected chi connectivity index (χ1v) is 10.5. The predicted molar refractivity (Wildman–Crippen MR) is 109 cm³/mol. The Bertz CT molecular complexity index is 597. The fourth-order valence-electron chi connectivity index (χ4n) is 5.39. The quantitative estimate of drug-likeness (QED) is 0.773. The van der Waals surface area contributed by atoms with E-state index in [0.29, 0.717) is 6.04 Å². The zero-order valence-electron chi connectivity index (χ0n) is 15.3. The molecule has 2 heterocycles. The molecule has 1 aliphatic carbocycles. The molecule has 3 nitrogen and oxygen atoms in total. The molecular weight excluding hydrogens is 326 g/mol. The molecule has 0 radical (unpaired) electrons. The molecule has 0 amide bonds. The van der Waals surface area contributed by atoms with Crippen molar-refractivity contribution >= 4 is 23.0 Å².